The summed E-state index contributed by atoms with van der Waals surface area (Å²) in [5.74, 6) is -3.36. The van der Waals surface area contributed by atoms with E-state index in [0.717, 1.165) is 12.8 Å². The lowest BCUT2D eigenvalue weighted by Gasteiger charge is -2.41. The molecule has 1 aromatic carbocycles. The second kappa shape index (κ2) is 16.8. The Morgan fingerprint density at radius 1 is 1.18 bits per heavy atom. The number of hydrogen-bond acceptors (Lipinski definition) is 7. The normalized spacial score (nSPS) is 28.0. The van der Waals surface area contributed by atoms with E-state index in [1.54, 1.807) is 24.0 Å². The molecule has 0 aliphatic carbocycles. The van der Waals surface area contributed by atoms with Crippen molar-refractivity contribution < 1.29 is 33.8 Å². The lowest BCUT2D eigenvalue weighted by Crippen LogP contribution is -2.60. The van der Waals surface area contributed by atoms with Gasteiger partial charge in [0.2, 0.25) is 17.7 Å². The van der Waals surface area contributed by atoms with E-state index in [2.05, 4.69) is 41.3 Å². The number of nitrogens with zero attached hydrogens (tertiary/aromatic N) is 2. The van der Waals surface area contributed by atoms with Crippen LogP contribution in [-0.4, -0.2) is 92.4 Å². The monoisotopic (exact) mass is 743 g/mol. The van der Waals surface area contributed by atoms with E-state index in [1.807, 2.05) is 51.1 Å². The fourth-order valence-corrected chi connectivity index (χ4v) is 9.07. The Labute approximate surface area is 299 Å². The van der Waals surface area contributed by atoms with Gasteiger partial charge in [0.25, 0.3) is 0 Å². The van der Waals surface area contributed by atoms with Crippen LogP contribution in [0.3, 0.4) is 0 Å². The van der Waals surface area contributed by atoms with Gasteiger partial charge in [-0.1, -0.05) is 85.6 Å². The van der Waals surface area contributed by atoms with Gasteiger partial charge < -0.3 is 29.7 Å². The molecule has 2 N–H and O–H groups in total. The highest BCUT2D eigenvalue weighted by Crippen LogP contribution is 2.61. The second-order valence-electron chi connectivity index (χ2n) is 14.2. The van der Waals surface area contributed by atoms with E-state index in [0.29, 0.717) is 24.8 Å². The van der Waals surface area contributed by atoms with E-state index in [1.165, 1.54) is 4.90 Å². The topological polar surface area (TPSA) is 125 Å². The first kappa shape index (κ1) is 38.8. The van der Waals surface area contributed by atoms with Gasteiger partial charge in [-0.3, -0.25) is 19.2 Å². The highest BCUT2D eigenvalue weighted by Gasteiger charge is 2.77. The van der Waals surface area contributed by atoms with Crippen molar-refractivity contribution in [1.82, 2.24) is 15.1 Å². The Morgan fingerprint density at radius 2 is 1.88 bits per heavy atom. The molecule has 1 spiro atoms. The van der Waals surface area contributed by atoms with Crippen molar-refractivity contribution in [3.8, 4) is 0 Å². The van der Waals surface area contributed by atoms with Gasteiger partial charge >= 0.3 is 5.97 Å². The van der Waals surface area contributed by atoms with Gasteiger partial charge in [0.15, 0.2) is 0 Å². The molecular formula is C38H54BrN3O7. The summed E-state index contributed by atoms with van der Waals surface area (Å²) in [6.07, 6.45) is 4.98. The molecule has 49 heavy (non-hydrogen) atoms. The average Bonchev–Trinajstić information content (AvgIpc) is 3.67. The van der Waals surface area contributed by atoms with Gasteiger partial charge in [0.05, 0.1) is 36.6 Å². The molecule has 3 aliphatic rings. The van der Waals surface area contributed by atoms with E-state index in [4.69, 9.17) is 9.47 Å². The van der Waals surface area contributed by atoms with Crippen LogP contribution in [-0.2, 0) is 28.7 Å². The van der Waals surface area contributed by atoms with Gasteiger partial charge in [-0.15, -0.1) is 13.2 Å². The maximum Gasteiger partial charge on any atom is 0.313 e. The number of likely N-dealkylation sites (tertiary alicyclic amines) is 1. The van der Waals surface area contributed by atoms with Gasteiger partial charge in [0.1, 0.15) is 17.7 Å². The third kappa shape index (κ3) is 7.84. The molecule has 1 aromatic rings. The van der Waals surface area contributed by atoms with Crippen LogP contribution < -0.4 is 5.32 Å². The van der Waals surface area contributed by atoms with Crippen LogP contribution >= 0.6 is 15.9 Å². The summed E-state index contributed by atoms with van der Waals surface area (Å²) in [6, 6.07) is 6.77. The zero-order chi connectivity index (χ0) is 36.0. The zero-order valence-electron chi connectivity index (χ0n) is 29.6. The molecule has 3 aliphatic heterocycles. The van der Waals surface area contributed by atoms with Crippen LogP contribution in [0.4, 0.5) is 0 Å². The maximum atomic E-state index is 14.8. The van der Waals surface area contributed by atoms with Crippen LogP contribution in [0.15, 0.2) is 55.6 Å². The summed E-state index contributed by atoms with van der Waals surface area (Å²) in [5.41, 5.74) is -0.615. The minimum atomic E-state index is -1.31. The lowest BCUT2D eigenvalue weighted by molar-refractivity contribution is -0.162. The number of aliphatic hydroxyl groups is 1. The van der Waals surface area contributed by atoms with E-state index >= 15 is 0 Å². The highest BCUT2D eigenvalue weighted by molar-refractivity contribution is 9.09. The predicted molar refractivity (Wildman–Crippen MR) is 191 cm³/mol. The standard InChI is InChI=1S/C38H54BrN3O7/c1-8-11-18-29(44)40-25(7)32(26-16-13-12-14-17-26)48-37(47)30-31-35(45)42(27(22-43)20-23(4)5)34(38(31)21-28(39)33(30)49-38)36(46)41(19-10-3)24(6)15-9-2/h8,10,12-14,16-17,23-25,27-28,30-34,43H,1,3,9,11,15,18-22H2,2,4-7H3,(H,40,44)/t24?,25-,27+,28?,30+,31-,32-,33+,34+,38-/m0/s1. The van der Waals surface area contributed by atoms with Crippen LogP contribution in [0.5, 0.6) is 0 Å². The molecule has 270 valence electrons. The molecule has 11 heteroatoms. The number of carbonyl (C=O) groups excluding carboxylic acids is 4. The van der Waals surface area contributed by atoms with E-state index < -0.39 is 53.7 Å². The Balaban J connectivity index is 1.75. The number of halogens is 1. The summed E-state index contributed by atoms with van der Waals surface area (Å²) >= 11 is 3.75. The number of alkyl halides is 1. The average molecular weight is 745 g/mol. The van der Waals surface area contributed by atoms with E-state index in [-0.39, 0.29) is 54.1 Å². The molecular weight excluding hydrogens is 690 g/mol. The Hall–Kier alpha value is -3.02. The fraction of sp³-hybridized carbons (Fsp3) is 0.632. The van der Waals surface area contributed by atoms with Crippen molar-refractivity contribution in [2.24, 2.45) is 17.8 Å². The first-order valence-corrected chi connectivity index (χ1v) is 18.6. The molecule has 10 nitrogen and oxygen atoms in total. The van der Waals surface area contributed by atoms with Crippen molar-refractivity contribution in [1.29, 1.82) is 0 Å². The van der Waals surface area contributed by atoms with Gasteiger partial charge in [0, 0.05) is 23.8 Å². The lowest BCUT2D eigenvalue weighted by atomic mass is 9.70. The fourth-order valence-electron chi connectivity index (χ4n) is 8.13. The van der Waals surface area contributed by atoms with Crippen molar-refractivity contribution in [2.45, 2.75) is 120 Å². The SMILES string of the molecule is C=CCCC(=O)N[C@@H](C)[C@H](OC(=O)[C@H]1[C@@H]2O[C@@]3(CC2Br)[C@@H]1C(=O)N([C@@H](CO)CC(C)C)[C@@H]3C(=O)N(CC=C)C(C)CCC)c1ccccc1. The number of esters is 1. The molecule has 4 rings (SSSR count). The Morgan fingerprint density at radius 3 is 2.47 bits per heavy atom. The summed E-state index contributed by atoms with van der Waals surface area (Å²) in [7, 11) is 0. The van der Waals surface area contributed by atoms with Crippen LogP contribution in [0, 0.1) is 17.8 Å². The molecule has 2 bridgehead atoms. The molecule has 10 atom stereocenters. The number of hydrogen-bond donors (Lipinski definition) is 2. The second-order valence-corrected chi connectivity index (χ2v) is 15.4. The number of carbonyl (C=O) groups is 4. The van der Waals surface area contributed by atoms with Gasteiger partial charge in [-0.25, -0.2) is 0 Å². The number of benzene rings is 1. The predicted octanol–water partition coefficient (Wildman–Crippen LogP) is 5.10. The summed E-state index contributed by atoms with van der Waals surface area (Å²) in [4.78, 5) is 59.7. The summed E-state index contributed by atoms with van der Waals surface area (Å²) < 4.78 is 13.0. The van der Waals surface area contributed by atoms with Crippen molar-refractivity contribution in [3.05, 3.63) is 61.2 Å². The third-order valence-electron chi connectivity index (χ3n) is 10.2. The molecule has 3 fully saturated rings. The smallest absolute Gasteiger partial charge is 0.313 e. The number of ether oxygens (including phenoxy) is 2. The molecule has 0 saturated carbocycles. The molecule has 0 radical (unpaired) electrons. The van der Waals surface area contributed by atoms with Crippen LogP contribution in [0.2, 0.25) is 0 Å². The van der Waals surface area contributed by atoms with Crippen molar-refractivity contribution in [3.63, 3.8) is 0 Å². The largest absolute Gasteiger partial charge is 0.455 e. The minimum absolute atomic E-state index is 0.124. The summed E-state index contributed by atoms with van der Waals surface area (Å²) in [6.45, 7) is 17.4. The first-order valence-electron chi connectivity index (χ1n) is 17.7. The van der Waals surface area contributed by atoms with Crippen molar-refractivity contribution in [2.75, 3.05) is 13.2 Å². The highest BCUT2D eigenvalue weighted by atomic mass is 79.9. The molecule has 3 amide bonds. The Bertz CT molecular complexity index is 1360. The van der Waals surface area contributed by atoms with Gasteiger partial charge in [-0.2, -0.15) is 0 Å². The Kier molecular flexibility index (Phi) is 13.3. The number of fused-ring (bicyclic) bond motifs is 1. The minimum Gasteiger partial charge on any atom is -0.455 e. The van der Waals surface area contributed by atoms with Crippen LogP contribution in [0.1, 0.15) is 84.8 Å². The molecule has 0 aromatic heterocycles. The maximum absolute atomic E-state index is 14.8. The molecule has 3 heterocycles. The first-order chi connectivity index (χ1) is 23.4. The van der Waals surface area contributed by atoms with Crippen molar-refractivity contribution >= 4 is 39.6 Å². The summed E-state index contributed by atoms with van der Waals surface area (Å²) in [5, 5.41) is 13.6. The van der Waals surface area contributed by atoms with Gasteiger partial charge in [-0.05, 0) is 51.0 Å². The zero-order valence-corrected chi connectivity index (χ0v) is 31.1. The molecule has 2 unspecified atom stereocenters. The third-order valence-corrected chi connectivity index (χ3v) is 11.1. The molecule has 3 saturated heterocycles. The number of rotatable bonds is 18. The van der Waals surface area contributed by atoms with E-state index in [9.17, 15) is 24.3 Å². The van der Waals surface area contributed by atoms with Crippen LogP contribution in [0.25, 0.3) is 0 Å². The number of nitrogens with one attached hydrogen (secondary N) is 1. The number of amides is 3. The number of allylic oxidation sites excluding steroid dienone is 1. The number of aliphatic hydroxyl groups excluding tert-OH is 1. The quantitative estimate of drug-likeness (QED) is 0.122.